The minimum Gasteiger partial charge on any atom is -0.497 e. The van der Waals surface area contributed by atoms with Crippen LogP contribution in [-0.4, -0.2) is 23.3 Å². The number of nitrogens with one attached hydrogen (secondary N) is 1. The maximum atomic E-state index is 14.1. The average molecular weight is 491 g/mol. The largest absolute Gasteiger partial charge is 0.497 e. The fraction of sp³-hybridized carbons (Fsp3) is 0.115. The Morgan fingerprint density at radius 2 is 1.86 bits per heavy atom. The molecule has 3 aromatic carbocycles. The average Bonchev–Trinajstić information content (AvgIpc) is 3.34. The van der Waals surface area contributed by atoms with Gasteiger partial charge in [-0.15, -0.1) is 0 Å². The number of hydrogen-bond acceptors (Lipinski definition) is 5. The Kier molecular flexibility index (Phi) is 5.96. The molecule has 0 saturated carbocycles. The third kappa shape index (κ3) is 4.36. The van der Waals surface area contributed by atoms with E-state index >= 15 is 0 Å². The van der Waals surface area contributed by atoms with E-state index < -0.39 is 11.9 Å². The van der Waals surface area contributed by atoms with Gasteiger partial charge in [-0.1, -0.05) is 35.0 Å². The number of nitrogens with zero attached hydrogens (tertiary/aromatic N) is 3. The fourth-order valence-electron chi connectivity index (χ4n) is 4.07. The normalized spacial score (nSPS) is 15.8. The zero-order chi connectivity index (χ0) is 24.5. The van der Waals surface area contributed by atoms with Gasteiger partial charge in [-0.25, -0.2) is 9.18 Å². The van der Waals surface area contributed by atoms with Gasteiger partial charge in [0.25, 0.3) is 5.89 Å². The number of methoxy groups -OCH3 is 1. The Hall–Kier alpha value is -4.17. The van der Waals surface area contributed by atoms with Gasteiger partial charge in [0, 0.05) is 22.3 Å². The third-order valence-corrected chi connectivity index (χ3v) is 5.99. The number of ether oxygens (including phenoxy) is 1. The van der Waals surface area contributed by atoms with E-state index in [0.717, 1.165) is 5.56 Å². The van der Waals surface area contributed by atoms with E-state index in [9.17, 15) is 9.18 Å². The number of hydrogen-bond donors (Lipinski definition) is 1. The van der Waals surface area contributed by atoms with E-state index in [-0.39, 0.29) is 11.9 Å². The maximum Gasteiger partial charge on any atom is 0.327 e. The molecule has 1 N–H and O–H groups in total. The van der Waals surface area contributed by atoms with E-state index in [2.05, 4.69) is 15.5 Å². The summed E-state index contributed by atoms with van der Waals surface area (Å²) in [7, 11) is 1.56. The first-order valence-corrected chi connectivity index (χ1v) is 11.1. The molecule has 1 aliphatic rings. The summed E-state index contributed by atoms with van der Waals surface area (Å²) in [6.07, 6.45) is 0. The van der Waals surface area contributed by atoms with Gasteiger partial charge in [0.1, 0.15) is 11.6 Å². The van der Waals surface area contributed by atoms with Gasteiger partial charge in [0.05, 0.1) is 24.4 Å². The number of rotatable bonds is 5. The van der Waals surface area contributed by atoms with E-state index in [1.54, 1.807) is 74.7 Å². The van der Waals surface area contributed by atoms with Gasteiger partial charge >= 0.3 is 6.03 Å². The lowest BCUT2D eigenvalue weighted by Gasteiger charge is -2.35. The van der Waals surface area contributed by atoms with E-state index in [4.69, 9.17) is 20.9 Å². The minimum absolute atomic E-state index is 0.203. The van der Waals surface area contributed by atoms with Crippen LogP contribution in [0.3, 0.4) is 0 Å². The molecule has 176 valence electrons. The number of urea groups is 1. The lowest BCUT2D eigenvalue weighted by Crippen LogP contribution is -2.46. The Morgan fingerprint density at radius 1 is 1.09 bits per heavy atom. The van der Waals surface area contributed by atoms with Crippen LogP contribution in [0.2, 0.25) is 5.02 Å². The van der Waals surface area contributed by atoms with Crippen molar-refractivity contribution < 1.29 is 18.4 Å². The molecule has 0 radical (unpaired) electrons. The molecule has 0 bridgehead atoms. The van der Waals surface area contributed by atoms with Gasteiger partial charge in [-0.3, -0.25) is 4.90 Å². The van der Waals surface area contributed by atoms with Crippen molar-refractivity contribution in [1.29, 1.82) is 0 Å². The van der Waals surface area contributed by atoms with Crippen molar-refractivity contribution in [1.82, 2.24) is 15.5 Å². The summed E-state index contributed by atoms with van der Waals surface area (Å²) >= 11 is 6.00. The monoisotopic (exact) mass is 490 g/mol. The third-order valence-electron chi connectivity index (χ3n) is 5.74. The number of amides is 2. The first-order chi connectivity index (χ1) is 16.9. The van der Waals surface area contributed by atoms with Crippen molar-refractivity contribution in [3.05, 3.63) is 101 Å². The van der Waals surface area contributed by atoms with Gasteiger partial charge in [0.2, 0.25) is 5.82 Å². The van der Waals surface area contributed by atoms with Crippen LogP contribution in [0.15, 0.2) is 83.0 Å². The summed E-state index contributed by atoms with van der Waals surface area (Å²) in [4.78, 5) is 19.4. The zero-order valence-corrected chi connectivity index (χ0v) is 19.6. The molecule has 4 aromatic rings. The first-order valence-electron chi connectivity index (χ1n) is 10.8. The molecular weight excluding hydrogens is 471 g/mol. The van der Waals surface area contributed by atoms with Crippen LogP contribution < -0.4 is 15.0 Å². The molecule has 2 amide bonds. The SMILES string of the molecule is COc1cccc(N2C(=O)NC(c3cccc(F)c3)C(c3nc(-c4ccc(Cl)cc4)no3)=C2C)c1. The van der Waals surface area contributed by atoms with Gasteiger partial charge in [0.15, 0.2) is 0 Å². The molecule has 0 saturated heterocycles. The van der Waals surface area contributed by atoms with Crippen molar-refractivity contribution in [3.63, 3.8) is 0 Å². The summed E-state index contributed by atoms with van der Waals surface area (Å²) in [6.45, 7) is 1.78. The lowest BCUT2D eigenvalue weighted by molar-refractivity contribution is 0.244. The zero-order valence-electron chi connectivity index (χ0n) is 18.8. The molecule has 7 nitrogen and oxygen atoms in total. The smallest absolute Gasteiger partial charge is 0.327 e. The number of allylic oxidation sites excluding steroid dienone is 1. The van der Waals surface area contributed by atoms with Gasteiger partial charge in [-0.2, -0.15) is 4.98 Å². The van der Waals surface area contributed by atoms with E-state index in [1.807, 2.05) is 0 Å². The molecular formula is C26H20ClFN4O3. The second-order valence-electron chi connectivity index (χ2n) is 7.90. The van der Waals surface area contributed by atoms with Crippen molar-refractivity contribution in [2.24, 2.45) is 0 Å². The van der Waals surface area contributed by atoms with Crippen LogP contribution in [-0.2, 0) is 0 Å². The van der Waals surface area contributed by atoms with E-state index in [1.165, 1.54) is 17.0 Å². The molecule has 1 aromatic heterocycles. The summed E-state index contributed by atoms with van der Waals surface area (Å²) in [6, 6.07) is 19.1. The summed E-state index contributed by atoms with van der Waals surface area (Å²) in [5.41, 5.74) is 2.96. The molecule has 2 heterocycles. The molecule has 0 spiro atoms. The van der Waals surface area contributed by atoms with E-state index in [0.29, 0.717) is 39.1 Å². The number of carbonyl (C=O) groups excluding carboxylic acids is 1. The molecule has 1 atom stereocenters. The minimum atomic E-state index is -0.710. The second-order valence-corrected chi connectivity index (χ2v) is 8.34. The van der Waals surface area contributed by atoms with Crippen LogP contribution >= 0.6 is 11.6 Å². The fourth-order valence-corrected chi connectivity index (χ4v) is 4.19. The van der Waals surface area contributed by atoms with Crippen LogP contribution in [0.5, 0.6) is 5.75 Å². The summed E-state index contributed by atoms with van der Waals surface area (Å²) < 4.78 is 25.1. The second kappa shape index (κ2) is 9.23. The molecule has 5 rings (SSSR count). The summed E-state index contributed by atoms with van der Waals surface area (Å²) in [5.74, 6) is 0.741. The molecule has 9 heteroatoms. The molecule has 0 aliphatic carbocycles. The van der Waals surface area contributed by atoms with Crippen molar-refractivity contribution in [3.8, 4) is 17.1 Å². The molecule has 1 unspecified atom stereocenters. The Labute approximate surface area is 205 Å². The van der Waals surface area contributed by atoms with Crippen LogP contribution in [0.25, 0.3) is 17.0 Å². The van der Waals surface area contributed by atoms with Gasteiger partial charge in [-0.05, 0) is 61.0 Å². The lowest BCUT2D eigenvalue weighted by atomic mass is 9.94. The van der Waals surface area contributed by atoms with Crippen LogP contribution in [0.1, 0.15) is 24.4 Å². The number of carbonyl (C=O) groups is 1. The Balaban J connectivity index is 1.66. The quantitative estimate of drug-likeness (QED) is 0.358. The topological polar surface area (TPSA) is 80.5 Å². The number of benzene rings is 3. The standard InChI is InChI=1S/C26H20ClFN4O3/c1-15-22(25-30-24(31-35-25)16-9-11-18(27)12-10-16)23(17-5-3-6-19(28)13-17)29-26(33)32(15)20-7-4-8-21(14-20)34-2/h3-14,23H,1-2H3,(H,29,33). The molecule has 0 fully saturated rings. The maximum absolute atomic E-state index is 14.1. The number of aromatic nitrogens is 2. The molecule has 1 aliphatic heterocycles. The van der Waals surface area contributed by atoms with Gasteiger partial charge < -0.3 is 14.6 Å². The predicted octanol–water partition coefficient (Wildman–Crippen LogP) is 6.24. The highest BCUT2D eigenvalue weighted by Crippen LogP contribution is 2.39. The number of anilines is 1. The summed E-state index contributed by atoms with van der Waals surface area (Å²) in [5, 5.41) is 7.67. The number of halogens is 2. The van der Waals surface area contributed by atoms with Crippen molar-refractivity contribution >= 4 is 28.9 Å². The first kappa shape index (κ1) is 22.6. The highest BCUT2D eigenvalue weighted by molar-refractivity contribution is 6.30. The Bertz CT molecular complexity index is 1430. The van der Waals surface area contributed by atoms with Crippen LogP contribution in [0, 0.1) is 5.82 Å². The Morgan fingerprint density at radius 3 is 2.60 bits per heavy atom. The van der Waals surface area contributed by atoms with Crippen LogP contribution in [0.4, 0.5) is 14.9 Å². The molecule has 35 heavy (non-hydrogen) atoms. The van der Waals surface area contributed by atoms with Crippen molar-refractivity contribution in [2.45, 2.75) is 13.0 Å². The highest BCUT2D eigenvalue weighted by atomic mass is 35.5. The highest BCUT2D eigenvalue weighted by Gasteiger charge is 2.36. The van der Waals surface area contributed by atoms with Crippen molar-refractivity contribution in [2.75, 3.05) is 12.0 Å². The predicted molar refractivity (Wildman–Crippen MR) is 130 cm³/mol.